The number of pyridine rings is 1. The molecule has 2 rings (SSSR count). The molecular weight excluding hydrogens is 248 g/mol. The molecule has 1 N–H and O–H groups in total. The van der Waals surface area contributed by atoms with E-state index in [0.29, 0.717) is 6.54 Å². The fraction of sp³-hybridized carbons (Fsp3) is 0.385. The molecule has 0 fully saturated rings. The van der Waals surface area contributed by atoms with Crippen LogP contribution in [0.25, 0.3) is 0 Å². The predicted molar refractivity (Wildman–Crippen MR) is 72.5 cm³/mol. The largest absolute Gasteiger partial charge is 0.307 e. The summed E-state index contributed by atoms with van der Waals surface area (Å²) in [6.07, 6.45) is 3.69. The van der Waals surface area contributed by atoms with Gasteiger partial charge in [0.25, 0.3) is 0 Å². The number of hydrogen-bond donors (Lipinski definition) is 1. The summed E-state index contributed by atoms with van der Waals surface area (Å²) in [5, 5.41) is 8.40. The maximum atomic E-state index is 6.19. The van der Waals surface area contributed by atoms with Crippen LogP contribution >= 0.6 is 11.6 Å². The van der Waals surface area contributed by atoms with E-state index in [0.717, 1.165) is 23.0 Å². The Labute approximate surface area is 112 Å². The van der Waals surface area contributed by atoms with Gasteiger partial charge in [-0.25, -0.2) is 0 Å². The molecular formula is C13H17ClN4. The molecule has 0 radical (unpaired) electrons. The lowest BCUT2D eigenvalue weighted by atomic mass is 10.1. The maximum absolute atomic E-state index is 6.19. The second kappa shape index (κ2) is 5.50. The minimum Gasteiger partial charge on any atom is -0.307 e. The van der Waals surface area contributed by atoms with Crippen LogP contribution in [0, 0.1) is 13.8 Å². The molecule has 2 heterocycles. The first-order chi connectivity index (χ1) is 8.59. The van der Waals surface area contributed by atoms with Gasteiger partial charge in [0.2, 0.25) is 0 Å². The minimum absolute atomic E-state index is 0.699. The van der Waals surface area contributed by atoms with E-state index >= 15 is 0 Å². The Morgan fingerprint density at radius 3 is 2.72 bits per heavy atom. The number of halogens is 1. The standard InChI is InChI=1S/C13H17ClN4/c1-9-4-5-15-6-11(9)7-16-8-12-13(14)10(2)17-18(12)3/h4-6,16H,7-8H2,1-3H3. The average Bonchev–Trinajstić information content (AvgIpc) is 2.58. The third-order valence-electron chi connectivity index (χ3n) is 3.02. The molecule has 2 aromatic heterocycles. The van der Waals surface area contributed by atoms with Crippen molar-refractivity contribution in [2.24, 2.45) is 7.05 Å². The molecule has 0 saturated heterocycles. The van der Waals surface area contributed by atoms with Crippen LogP contribution in [0.1, 0.15) is 22.5 Å². The van der Waals surface area contributed by atoms with E-state index in [9.17, 15) is 0 Å². The molecule has 0 unspecified atom stereocenters. The molecule has 0 aromatic carbocycles. The Hall–Kier alpha value is -1.39. The van der Waals surface area contributed by atoms with E-state index in [1.54, 1.807) is 6.20 Å². The smallest absolute Gasteiger partial charge is 0.0860 e. The first-order valence-corrected chi connectivity index (χ1v) is 6.25. The van der Waals surface area contributed by atoms with Crippen LogP contribution in [0.15, 0.2) is 18.5 Å². The van der Waals surface area contributed by atoms with Crippen LogP contribution in [0.4, 0.5) is 0 Å². The lowest BCUT2D eigenvalue weighted by Gasteiger charge is -2.07. The average molecular weight is 265 g/mol. The fourth-order valence-electron chi connectivity index (χ4n) is 1.87. The zero-order valence-electron chi connectivity index (χ0n) is 10.9. The summed E-state index contributed by atoms with van der Waals surface area (Å²) in [6.45, 7) is 5.47. The van der Waals surface area contributed by atoms with Gasteiger partial charge in [-0.3, -0.25) is 9.67 Å². The van der Waals surface area contributed by atoms with Gasteiger partial charge in [0.15, 0.2) is 0 Å². The lowest BCUT2D eigenvalue weighted by molar-refractivity contribution is 0.623. The summed E-state index contributed by atoms with van der Waals surface area (Å²) in [5.74, 6) is 0. The van der Waals surface area contributed by atoms with Crippen LogP contribution in [0.5, 0.6) is 0 Å². The molecule has 0 amide bonds. The highest BCUT2D eigenvalue weighted by Crippen LogP contribution is 2.19. The molecule has 96 valence electrons. The fourth-order valence-corrected chi connectivity index (χ4v) is 2.10. The van der Waals surface area contributed by atoms with Crippen LogP contribution in [0.2, 0.25) is 5.02 Å². The van der Waals surface area contributed by atoms with E-state index in [-0.39, 0.29) is 0 Å². The molecule has 0 aliphatic heterocycles. The van der Waals surface area contributed by atoms with Gasteiger partial charge < -0.3 is 5.32 Å². The van der Waals surface area contributed by atoms with Crippen molar-refractivity contribution in [3.05, 3.63) is 46.0 Å². The van der Waals surface area contributed by atoms with Gasteiger partial charge in [0.1, 0.15) is 0 Å². The zero-order valence-corrected chi connectivity index (χ0v) is 11.6. The molecule has 0 atom stereocenters. The molecule has 0 aliphatic rings. The number of rotatable bonds is 4. The van der Waals surface area contributed by atoms with Crippen LogP contribution < -0.4 is 5.32 Å². The van der Waals surface area contributed by atoms with Crippen molar-refractivity contribution in [2.45, 2.75) is 26.9 Å². The first kappa shape index (κ1) is 13.1. The normalized spacial score (nSPS) is 10.9. The van der Waals surface area contributed by atoms with Gasteiger partial charge in [0.05, 0.1) is 16.4 Å². The molecule has 0 aliphatic carbocycles. The third kappa shape index (κ3) is 2.71. The van der Waals surface area contributed by atoms with Gasteiger partial charge in [-0.15, -0.1) is 0 Å². The summed E-state index contributed by atoms with van der Waals surface area (Å²) in [7, 11) is 1.91. The Morgan fingerprint density at radius 1 is 1.33 bits per heavy atom. The number of aryl methyl sites for hydroxylation is 3. The highest BCUT2D eigenvalue weighted by atomic mass is 35.5. The second-order valence-corrected chi connectivity index (χ2v) is 4.75. The van der Waals surface area contributed by atoms with Crippen molar-refractivity contribution >= 4 is 11.6 Å². The summed E-state index contributed by atoms with van der Waals surface area (Å²) in [6, 6.07) is 2.01. The highest BCUT2D eigenvalue weighted by molar-refractivity contribution is 6.31. The summed E-state index contributed by atoms with van der Waals surface area (Å²) in [5.41, 5.74) is 4.32. The molecule has 18 heavy (non-hydrogen) atoms. The zero-order chi connectivity index (χ0) is 13.1. The molecule has 2 aromatic rings. The monoisotopic (exact) mass is 264 g/mol. The van der Waals surface area contributed by atoms with Gasteiger partial charge in [-0.05, 0) is 31.0 Å². The maximum Gasteiger partial charge on any atom is 0.0860 e. The number of aromatic nitrogens is 3. The SMILES string of the molecule is Cc1ccncc1CNCc1c(Cl)c(C)nn1C. The van der Waals surface area contributed by atoms with E-state index in [4.69, 9.17) is 11.6 Å². The Morgan fingerprint density at radius 2 is 2.11 bits per heavy atom. The molecule has 5 heteroatoms. The van der Waals surface area contributed by atoms with Crippen molar-refractivity contribution in [1.82, 2.24) is 20.1 Å². The summed E-state index contributed by atoms with van der Waals surface area (Å²) >= 11 is 6.19. The van der Waals surface area contributed by atoms with Crippen molar-refractivity contribution < 1.29 is 0 Å². The highest BCUT2D eigenvalue weighted by Gasteiger charge is 2.10. The number of nitrogens with zero attached hydrogens (tertiary/aromatic N) is 3. The van der Waals surface area contributed by atoms with Crippen molar-refractivity contribution in [3.63, 3.8) is 0 Å². The molecule has 0 bridgehead atoms. The second-order valence-electron chi connectivity index (χ2n) is 4.38. The third-order valence-corrected chi connectivity index (χ3v) is 3.51. The molecule has 0 saturated carbocycles. The van der Waals surface area contributed by atoms with Crippen LogP contribution in [0.3, 0.4) is 0 Å². The topological polar surface area (TPSA) is 42.7 Å². The van der Waals surface area contributed by atoms with Gasteiger partial charge >= 0.3 is 0 Å². The van der Waals surface area contributed by atoms with Gasteiger partial charge in [-0.2, -0.15) is 5.10 Å². The van der Waals surface area contributed by atoms with Crippen LogP contribution in [-0.4, -0.2) is 14.8 Å². The van der Waals surface area contributed by atoms with Crippen molar-refractivity contribution in [2.75, 3.05) is 0 Å². The van der Waals surface area contributed by atoms with Crippen molar-refractivity contribution in [1.29, 1.82) is 0 Å². The van der Waals surface area contributed by atoms with E-state index in [1.165, 1.54) is 11.1 Å². The van der Waals surface area contributed by atoms with E-state index < -0.39 is 0 Å². The quantitative estimate of drug-likeness (QED) is 0.922. The van der Waals surface area contributed by atoms with Gasteiger partial charge in [-0.1, -0.05) is 11.6 Å². The minimum atomic E-state index is 0.699. The molecule has 4 nitrogen and oxygen atoms in total. The lowest BCUT2D eigenvalue weighted by Crippen LogP contribution is -2.16. The van der Waals surface area contributed by atoms with Gasteiger partial charge in [0, 0.05) is 32.5 Å². The Bertz CT molecular complexity index is 548. The number of hydrogen-bond acceptors (Lipinski definition) is 3. The van der Waals surface area contributed by atoms with Crippen LogP contribution in [-0.2, 0) is 20.1 Å². The summed E-state index contributed by atoms with van der Waals surface area (Å²) in [4.78, 5) is 4.13. The number of nitrogens with one attached hydrogen (secondary N) is 1. The Balaban J connectivity index is 1.99. The van der Waals surface area contributed by atoms with E-state index in [2.05, 4.69) is 22.3 Å². The Kier molecular flexibility index (Phi) is 3.99. The van der Waals surface area contributed by atoms with Crippen molar-refractivity contribution in [3.8, 4) is 0 Å². The first-order valence-electron chi connectivity index (χ1n) is 5.87. The van der Waals surface area contributed by atoms with E-state index in [1.807, 2.05) is 30.9 Å². The summed E-state index contributed by atoms with van der Waals surface area (Å²) < 4.78 is 1.82. The predicted octanol–water partition coefficient (Wildman–Crippen LogP) is 2.38. The molecule has 0 spiro atoms.